The quantitative estimate of drug-likeness (QED) is 0.283. The summed E-state index contributed by atoms with van der Waals surface area (Å²) < 4.78 is 0. The summed E-state index contributed by atoms with van der Waals surface area (Å²) >= 11 is 0. The van der Waals surface area contributed by atoms with Crippen LogP contribution in [0.25, 0.3) is 0 Å². The number of ketones is 2. The van der Waals surface area contributed by atoms with E-state index in [2.05, 4.69) is 6.58 Å². The molecule has 10 heavy (non-hydrogen) atoms. The zero-order chi connectivity index (χ0) is 7.56. The molecule has 0 aromatic rings. The Bertz CT molecular complexity index is 201. The summed E-state index contributed by atoms with van der Waals surface area (Å²) in [5, 5.41) is 0. The second kappa shape index (κ2) is 2.60. The van der Waals surface area contributed by atoms with E-state index < -0.39 is 0 Å². The molecule has 0 saturated carbocycles. The summed E-state index contributed by atoms with van der Waals surface area (Å²) in [5.74, 6) is -0.308. The van der Waals surface area contributed by atoms with Crippen molar-refractivity contribution in [2.45, 2.75) is 12.8 Å². The lowest BCUT2D eigenvalue weighted by atomic mass is 10.1. The predicted octanol–water partition coefficient (Wildman–Crippen LogP) is 1.03. The highest BCUT2D eigenvalue weighted by Crippen LogP contribution is 2.07. The van der Waals surface area contributed by atoms with E-state index in [1.54, 1.807) is 12.2 Å². The summed E-state index contributed by atoms with van der Waals surface area (Å²) in [4.78, 5) is 21.7. The monoisotopic (exact) mass is 136 g/mol. The zero-order valence-corrected chi connectivity index (χ0v) is 5.59. The van der Waals surface area contributed by atoms with Gasteiger partial charge in [0.15, 0.2) is 11.6 Å². The van der Waals surface area contributed by atoms with E-state index in [-0.39, 0.29) is 17.1 Å². The fourth-order valence-electron chi connectivity index (χ4n) is 0.783. The maximum absolute atomic E-state index is 10.9. The van der Waals surface area contributed by atoms with Crippen molar-refractivity contribution in [3.8, 4) is 0 Å². The highest BCUT2D eigenvalue weighted by atomic mass is 16.1. The number of hydrogen-bond acceptors (Lipinski definition) is 2. The van der Waals surface area contributed by atoms with Crippen molar-refractivity contribution in [1.82, 2.24) is 0 Å². The number of Topliss-reactive ketones (excluding diaryl/α,β-unsaturated/α-hetero) is 2. The number of rotatable bonds is 0. The third-order valence-corrected chi connectivity index (χ3v) is 1.45. The van der Waals surface area contributed by atoms with Crippen molar-refractivity contribution >= 4 is 11.6 Å². The van der Waals surface area contributed by atoms with E-state index in [1.807, 2.05) is 0 Å². The van der Waals surface area contributed by atoms with Crippen LogP contribution >= 0.6 is 0 Å². The molecule has 1 aliphatic carbocycles. The Balaban J connectivity index is 2.85. The Kier molecular flexibility index (Phi) is 1.81. The van der Waals surface area contributed by atoms with E-state index in [4.69, 9.17) is 0 Å². The van der Waals surface area contributed by atoms with Gasteiger partial charge in [0.25, 0.3) is 0 Å². The lowest BCUT2D eigenvalue weighted by Gasteiger charge is -1.93. The third kappa shape index (κ3) is 1.21. The third-order valence-electron chi connectivity index (χ3n) is 1.45. The van der Waals surface area contributed by atoms with Crippen LogP contribution in [0.5, 0.6) is 0 Å². The molecule has 0 saturated heterocycles. The Morgan fingerprint density at radius 2 is 1.50 bits per heavy atom. The van der Waals surface area contributed by atoms with Crippen LogP contribution in [0, 0.1) is 0 Å². The largest absolute Gasteiger partial charge is 0.294 e. The van der Waals surface area contributed by atoms with Gasteiger partial charge < -0.3 is 0 Å². The molecular formula is C8H8O2. The summed E-state index contributed by atoms with van der Waals surface area (Å²) in [6, 6.07) is 0. The Morgan fingerprint density at radius 3 is 1.90 bits per heavy atom. The second-order valence-corrected chi connectivity index (χ2v) is 2.20. The Hall–Kier alpha value is -1.18. The van der Waals surface area contributed by atoms with Gasteiger partial charge in [-0.1, -0.05) is 18.7 Å². The van der Waals surface area contributed by atoms with Gasteiger partial charge >= 0.3 is 0 Å². The van der Waals surface area contributed by atoms with Gasteiger partial charge in [-0.15, -0.1) is 0 Å². The topological polar surface area (TPSA) is 34.1 Å². The molecule has 0 amide bonds. The minimum atomic E-state index is -0.154. The standard InChI is InChI=1S/C8H8O2/c1-6-7(9)4-2-3-5-8(6)10/h2-3H,1,4-5H2. The van der Waals surface area contributed by atoms with Crippen LogP contribution in [0.4, 0.5) is 0 Å². The predicted molar refractivity (Wildman–Crippen MR) is 37.5 cm³/mol. The highest BCUT2D eigenvalue weighted by Gasteiger charge is 2.14. The first-order valence-electron chi connectivity index (χ1n) is 3.12. The molecule has 0 heterocycles. The molecule has 0 aliphatic heterocycles. The van der Waals surface area contributed by atoms with Crippen molar-refractivity contribution in [2.75, 3.05) is 0 Å². The maximum Gasteiger partial charge on any atom is 0.169 e. The molecule has 1 aliphatic rings. The fraction of sp³-hybridized carbons (Fsp3) is 0.250. The average Bonchev–Trinajstić information content (AvgIpc) is 2.04. The molecule has 0 atom stereocenters. The van der Waals surface area contributed by atoms with Crippen molar-refractivity contribution in [3.05, 3.63) is 24.3 Å². The van der Waals surface area contributed by atoms with Crippen molar-refractivity contribution in [3.63, 3.8) is 0 Å². The average molecular weight is 136 g/mol. The number of hydrogen-bond donors (Lipinski definition) is 0. The molecule has 0 aromatic carbocycles. The van der Waals surface area contributed by atoms with E-state index in [0.29, 0.717) is 12.8 Å². The summed E-state index contributed by atoms with van der Waals surface area (Å²) in [5.41, 5.74) is 0.144. The van der Waals surface area contributed by atoms with Crippen LogP contribution in [0.2, 0.25) is 0 Å². The van der Waals surface area contributed by atoms with Crippen molar-refractivity contribution in [1.29, 1.82) is 0 Å². The SMILES string of the molecule is C=C1C(=O)CC=CCC1=O. The minimum absolute atomic E-state index is 0.144. The van der Waals surface area contributed by atoms with Gasteiger partial charge in [-0.3, -0.25) is 9.59 Å². The second-order valence-electron chi connectivity index (χ2n) is 2.20. The smallest absolute Gasteiger partial charge is 0.169 e. The van der Waals surface area contributed by atoms with Crippen LogP contribution in [0.1, 0.15) is 12.8 Å². The summed E-state index contributed by atoms with van der Waals surface area (Å²) in [6.45, 7) is 3.40. The molecule has 0 aromatic heterocycles. The maximum atomic E-state index is 10.9. The molecule has 2 heteroatoms. The highest BCUT2D eigenvalue weighted by molar-refractivity contribution is 6.20. The first-order chi connectivity index (χ1) is 4.72. The lowest BCUT2D eigenvalue weighted by Crippen LogP contribution is -2.07. The molecular weight excluding hydrogens is 128 g/mol. The van der Waals surface area contributed by atoms with Gasteiger partial charge in [0.1, 0.15) is 0 Å². The van der Waals surface area contributed by atoms with E-state index in [1.165, 1.54) is 0 Å². The van der Waals surface area contributed by atoms with Gasteiger partial charge in [0.05, 0.1) is 5.57 Å². The van der Waals surface area contributed by atoms with Crippen molar-refractivity contribution < 1.29 is 9.59 Å². The van der Waals surface area contributed by atoms with Gasteiger partial charge in [-0.05, 0) is 0 Å². The molecule has 52 valence electrons. The van der Waals surface area contributed by atoms with Crippen LogP contribution in [0.15, 0.2) is 24.3 Å². The first kappa shape index (κ1) is 6.93. The van der Waals surface area contributed by atoms with Gasteiger partial charge in [-0.2, -0.15) is 0 Å². The molecule has 0 N–H and O–H groups in total. The van der Waals surface area contributed by atoms with E-state index in [0.717, 1.165) is 0 Å². The van der Waals surface area contributed by atoms with Gasteiger partial charge in [-0.25, -0.2) is 0 Å². The fourth-order valence-corrected chi connectivity index (χ4v) is 0.783. The molecule has 0 spiro atoms. The minimum Gasteiger partial charge on any atom is -0.294 e. The number of carbonyl (C=O) groups excluding carboxylic acids is 2. The normalized spacial score (nSPS) is 19.4. The Labute approximate surface area is 59.2 Å². The molecule has 0 fully saturated rings. The molecule has 0 radical (unpaired) electrons. The molecule has 0 unspecified atom stereocenters. The zero-order valence-electron chi connectivity index (χ0n) is 5.59. The van der Waals surface area contributed by atoms with Crippen LogP contribution < -0.4 is 0 Å². The molecule has 2 nitrogen and oxygen atoms in total. The van der Waals surface area contributed by atoms with Crippen LogP contribution in [-0.2, 0) is 9.59 Å². The first-order valence-corrected chi connectivity index (χ1v) is 3.12. The molecule has 0 bridgehead atoms. The number of allylic oxidation sites excluding steroid dienone is 3. The van der Waals surface area contributed by atoms with Crippen LogP contribution in [-0.4, -0.2) is 11.6 Å². The summed E-state index contributed by atoms with van der Waals surface area (Å²) in [6.07, 6.45) is 4.06. The van der Waals surface area contributed by atoms with Gasteiger partial charge in [0.2, 0.25) is 0 Å². The van der Waals surface area contributed by atoms with Gasteiger partial charge in [0, 0.05) is 12.8 Å². The lowest BCUT2D eigenvalue weighted by molar-refractivity contribution is -0.120. The number of carbonyl (C=O) groups is 2. The van der Waals surface area contributed by atoms with E-state index >= 15 is 0 Å². The summed E-state index contributed by atoms with van der Waals surface area (Å²) in [7, 11) is 0. The van der Waals surface area contributed by atoms with E-state index in [9.17, 15) is 9.59 Å². The molecule has 1 rings (SSSR count). The Morgan fingerprint density at radius 1 is 1.10 bits per heavy atom. The van der Waals surface area contributed by atoms with Crippen molar-refractivity contribution in [2.24, 2.45) is 0 Å². The van der Waals surface area contributed by atoms with Crippen LogP contribution in [0.3, 0.4) is 0 Å².